The number of urea groups is 1. The molecule has 0 radical (unpaired) electrons. The number of anilines is 1. The molecule has 0 bridgehead atoms. The van der Waals surface area contributed by atoms with Gasteiger partial charge in [0.25, 0.3) is 0 Å². The Bertz CT molecular complexity index is 867. The van der Waals surface area contributed by atoms with Gasteiger partial charge in [-0.2, -0.15) is 5.10 Å². The molecule has 1 aromatic carbocycles. The predicted molar refractivity (Wildman–Crippen MR) is 91.5 cm³/mol. The molecule has 0 aliphatic heterocycles. The Morgan fingerprint density at radius 1 is 1.33 bits per heavy atom. The van der Waals surface area contributed by atoms with E-state index < -0.39 is 11.6 Å². The second-order valence-electron chi connectivity index (χ2n) is 5.86. The molecule has 0 aliphatic rings. The number of aromatic nitrogens is 3. The number of rotatable bonds is 4. The van der Waals surface area contributed by atoms with E-state index in [2.05, 4.69) is 20.7 Å². The molecule has 2 aromatic heterocycles. The van der Waals surface area contributed by atoms with Crippen molar-refractivity contribution in [2.45, 2.75) is 12.5 Å². The molecule has 0 saturated heterocycles. The van der Waals surface area contributed by atoms with Gasteiger partial charge in [0.05, 0.1) is 23.9 Å². The summed E-state index contributed by atoms with van der Waals surface area (Å²) in [5, 5.41) is 20.9. The number of nitrogens with one attached hydrogen (secondary N) is 2. The molecule has 0 aliphatic carbocycles. The molecule has 2 heterocycles. The predicted octanol–water partition coefficient (Wildman–Crippen LogP) is 2.00. The van der Waals surface area contributed by atoms with E-state index >= 15 is 0 Å². The molecule has 3 aromatic rings. The summed E-state index contributed by atoms with van der Waals surface area (Å²) in [4.78, 5) is 16.4. The van der Waals surface area contributed by atoms with Gasteiger partial charge < -0.3 is 15.7 Å². The second kappa shape index (κ2) is 6.29. The minimum absolute atomic E-state index is 0.0583. The average molecular weight is 325 g/mol. The normalized spacial score (nSPS) is 13.5. The molecule has 124 valence electrons. The van der Waals surface area contributed by atoms with Crippen LogP contribution < -0.4 is 10.6 Å². The van der Waals surface area contributed by atoms with Crippen molar-refractivity contribution in [1.82, 2.24) is 20.1 Å². The van der Waals surface area contributed by atoms with E-state index in [0.717, 1.165) is 5.39 Å². The summed E-state index contributed by atoms with van der Waals surface area (Å²) < 4.78 is 1.60. The van der Waals surface area contributed by atoms with Crippen molar-refractivity contribution in [2.24, 2.45) is 7.05 Å². The van der Waals surface area contributed by atoms with E-state index in [1.54, 1.807) is 43.3 Å². The number of para-hydroxylation sites is 1. The van der Waals surface area contributed by atoms with E-state index in [1.807, 2.05) is 24.3 Å². The molecule has 7 heteroatoms. The first-order valence-electron chi connectivity index (χ1n) is 7.56. The number of nitrogens with zero attached hydrogens (tertiary/aromatic N) is 3. The Morgan fingerprint density at radius 2 is 2.12 bits per heavy atom. The fourth-order valence-electron chi connectivity index (χ4n) is 2.43. The number of amides is 2. The Labute approximate surface area is 139 Å². The SMILES string of the molecule is Cn1cc([C@@](C)(O)CNC(=O)Nc2cccc3cccnc23)cn1. The number of hydrogen-bond acceptors (Lipinski definition) is 4. The first-order chi connectivity index (χ1) is 11.5. The van der Waals surface area contributed by atoms with Gasteiger partial charge in [0.1, 0.15) is 5.60 Å². The lowest BCUT2D eigenvalue weighted by atomic mass is 10.00. The van der Waals surface area contributed by atoms with Gasteiger partial charge in [-0.15, -0.1) is 0 Å². The van der Waals surface area contributed by atoms with Crippen LogP contribution >= 0.6 is 0 Å². The summed E-state index contributed by atoms with van der Waals surface area (Å²) >= 11 is 0. The van der Waals surface area contributed by atoms with Gasteiger partial charge in [0, 0.05) is 30.4 Å². The largest absolute Gasteiger partial charge is 0.383 e. The molecule has 0 saturated carbocycles. The maximum Gasteiger partial charge on any atom is 0.319 e. The Hall–Kier alpha value is -2.93. The molecule has 3 rings (SSSR count). The Kier molecular flexibility index (Phi) is 4.18. The van der Waals surface area contributed by atoms with Crippen molar-refractivity contribution in [2.75, 3.05) is 11.9 Å². The van der Waals surface area contributed by atoms with Crippen LogP contribution in [0.3, 0.4) is 0 Å². The maximum atomic E-state index is 12.2. The number of aryl methyl sites for hydroxylation is 1. The van der Waals surface area contributed by atoms with Crippen LogP contribution in [-0.2, 0) is 12.6 Å². The molecule has 0 fully saturated rings. The summed E-state index contributed by atoms with van der Waals surface area (Å²) in [5.74, 6) is 0. The fraction of sp³-hybridized carbons (Fsp3) is 0.235. The maximum absolute atomic E-state index is 12.2. The zero-order chi connectivity index (χ0) is 17.2. The Balaban J connectivity index is 1.67. The van der Waals surface area contributed by atoms with Gasteiger partial charge in [0.2, 0.25) is 0 Å². The topological polar surface area (TPSA) is 92.1 Å². The van der Waals surface area contributed by atoms with Crippen molar-refractivity contribution in [3.8, 4) is 0 Å². The van der Waals surface area contributed by atoms with Crippen molar-refractivity contribution in [3.63, 3.8) is 0 Å². The highest BCUT2D eigenvalue weighted by molar-refractivity contribution is 5.99. The van der Waals surface area contributed by atoms with Gasteiger partial charge in [-0.05, 0) is 19.1 Å². The smallest absolute Gasteiger partial charge is 0.319 e. The third kappa shape index (κ3) is 3.36. The van der Waals surface area contributed by atoms with Crippen molar-refractivity contribution in [1.29, 1.82) is 0 Å². The summed E-state index contributed by atoms with van der Waals surface area (Å²) in [6.45, 7) is 1.69. The summed E-state index contributed by atoms with van der Waals surface area (Å²) in [6, 6.07) is 8.94. The van der Waals surface area contributed by atoms with Crippen LogP contribution in [0.1, 0.15) is 12.5 Å². The van der Waals surface area contributed by atoms with Crippen LogP contribution in [0.15, 0.2) is 48.9 Å². The lowest BCUT2D eigenvalue weighted by molar-refractivity contribution is 0.0599. The van der Waals surface area contributed by atoms with Crippen LogP contribution in [0.25, 0.3) is 10.9 Å². The molecule has 1 atom stereocenters. The van der Waals surface area contributed by atoms with E-state index in [-0.39, 0.29) is 6.54 Å². The zero-order valence-corrected chi connectivity index (χ0v) is 13.5. The van der Waals surface area contributed by atoms with Crippen molar-refractivity contribution in [3.05, 3.63) is 54.5 Å². The quantitative estimate of drug-likeness (QED) is 0.684. The molecule has 2 amide bonds. The number of pyridine rings is 1. The van der Waals surface area contributed by atoms with E-state index in [0.29, 0.717) is 16.8 Å². The highest BCUT2D eigenvalue weighted by Gasteiger charge is 2.25. The summed E-state index contributed by atoms with van der Waals surface area (Å²) in [6.07, 6.45) is 4.97. The number of carbonyl (C=O) groups is 1. The molecule has 0 spiro atoms. The lowest BCUT2D eigenvalue weighted by Crippen LogP contribution is -2.40. The van der Waals surface area contributed by atoms with Crippen molar-refractivity contribution >= 4 is 22.6 Å². The summed E-state index contributed by atoms with van der Waals surface area (Å²) in [5.41, 5.74) is 0.765. The molecule has 0 unspecified atom stereocenters. The van der Waals surface area contributed by atoms with E-state index in [1.165, 1.54) is 0 Å². The van der Waals surface area contributed by atoms with E-state index in [4.69, 9.17) is 0 Å². The van der Waals surface area contributed by atoms with Crippen LogP contribution in [0, 0.1) is 0 Å². The van der Waals surface area contributed by atoms with Crippen LogP contribution in [0.5, 0.6) is 0 Å². The number of fused-ring (bicyclic) bond motifs is 1. The molecular formula is C17H19N5O2. The van der Waals surface area contributed by atoms with Gasteiger partial charge in [-0.1, -0.05) is 18.2 Å². The number of carbonyl (C=O) groups excluding carboxylic acids is 1. The minimum atomic E-state index is -1.21. The zero-order valence-electron chi connectivity index (χ0n) is 13.5. The first kappa shape index (κ1) is 15.9. The molecule has 7 nitrogen and oxygen atoms in total. The average Bonchev–Trinajstić information content (AvgIpc) is 3.01. The lowest BCUT2D eigenvalue weighted by Gasteiger charge is -2.22. The second-order valence-corrected chi connectivity index (χ2v) is 5.86. The minimum Gasteiger partial charge on any atom is -0.383 e. The molecular weight excluding hydrogens is 306 g/mol. The third-order valence-corrected chi connectivity index (χ3v) is 3.80. The number of hydrogen-bond donors (Lipinski definition) is 3. The highest BCUT2D eigenvalue weighted by atomic mass is 16.3. The Morgan fingerprint density at radius 3 is 2.88 bits per heavy atom. The summed E-state index contributed by atoms with van der Waals surface area (Å²) in [7, 11) is 1.77. The van der Waals surface area contributed by atoms with Crippen LogP contribution in [0.2, 0.25) is 0 Å². The van der Waals surface area contributed by atoms with Crippen molar-refractivity contribution < 1.29 is 9.90 Å². The first-order valence-corrected chi connectivity index (χ1v) is 7.56. The highest BCUT2D eigenvalue weighted by Crippen LogP contribution is 2.21. The van der Waals surface area contributed by atoms with Gasteiger partial charge >= 0.3 is 6.03 Å². The standard InChI is InChI=1S/C17H19N5O2/c1-17(24,13-9-20-22(2)10-13)11-19-16(23)21-14-7-3-5-12-6-4-8-18-15(12)14/h3-10,24H,11H2,1-2H3,(H2,19,21,23)/t17-/m0/s1. The van der Waals surface area contributed by atoms with Crippen LogP contribution in [-0.4, -0.2) is 32.4 Å². The van der Waals surface area contributed by atoms with Gasteiger partial charge in [-0.25, -0.2) is 4.79 Å². The van der Waals surface area contributed by atoms with Gasteiger partial charge in [-0.3, -0.25) is 9.67 Å². The third-order valence-electron chi connectivity index (χ3n) is 3.80. The monoisotopic (exact) mass is 325 g/mol. The number of benzene rings is 1. The molecule has 3 N–H and O–H groups in total. The molecule has 24 heavy (non-hydrogen) atoms. The van der Waals surface area contributed by atoms with Crippen LogP contribution in [0.4, 0.5) is 10.5 Å². The van der Waals surface area contributed by atoms with Gasteiger partial charge in [0.15, 0.2) is 0 Å². The number of aliphatic hydroxyl groups is 1. The fourth-order valence-corrected chi connectivity index (χ4v) is 2.43. The van der Waals surface area contributed by atoms with E-state index in [9.17, 15) is 9.90 Å².